The molecule has 2 N–H and O–H groups in total. The van der Waals surface area contributed by atoms with Crippen LogP contribution in [-0.4, -0.2) is 6.36 Å². The molecule has 0 spiro atoms. The van der Waals surface area contributed by atoms with Crippen molar-refractivity contribution in [3.63, 3.8) is 0 Å². The molecule has 1 rings (SSSR count). The van der Waals surface area contributed by atoms with Gasteiger partial charge in [-0.15, -0.1) is 13.2 Å². The van der Waals surface area contributed by atoms with Gasteiger partial charge in [0.15, 0.2) is 0 Å². The molecule has 0 aliphatic carbocycles. The average Bonchev–Trinajstić information content (AvgIpc) is 2.30. The minimum absolute atomic E-state index is 0.234. The summed E-state index contributed by atoms with van der Waals surface area (Å²) >= 11 is 1.25. The van der Waals surface area contributed by atoms with Gasteiger partial charge >= 0.3 is 6.36 Å². The SMILES string of the molecule is CCC(C)=C(N)Sc1cc(OC(F)(F)F)ccc1C. The fourth-order valence-corrected chi connectivity index (χ4v) is 2.23. The van der Waals surface area contributed by atoms with Crippen LogP contribution in [0.25, 0.3) is 0 Å². The van der Waals surface area contributed by atoms with Crippen LogP contribution < -0.4 is 10.5 Å². The molecule has 0 atom stereocenters. The number of hydrogen-bond donors (Lipinski definition) is 1. The second-order valence-corrected chi connectivity index (χ2v) is 5.16. The molecule has 6 heteroatoms. The first-order valence-corrected chi connectivity index (χ1v) is 6.54. The molecule has 0 saturated heterocycles. The van der Waals surface area contributed by atoms with Crippen LogP contribution in [0.5, 0.6) is 5.75 Å². The summed E-state index contributed by atoms with van der Waals surface area (Å²) in [4.78, 5) is 0.659. The fourth-order valence-electron chi connectivity index (χ4n) is 1.27. The smallest absolute Gasteiger partial charge is 0.406 e. The van der Waals surface area contributed by atoms with E-state index in [4.69, 9.17) is 5.73 Å². The van der Waals surface area contributed by atoms with E-state index in [0.29, 0.717) is 9.92 Å². The third-order valence-corrected chi connectivity index (χ3v) is 3.79. The van der Waals surface area contributed by atoms with Gasteiger partial charge in [-0.3, -0.25) is 0 Å². The summed E-state index contributed by atoms with van der Waals surface area (Å²) in [5.41, 5.74) is 7.74. The van der Waals surface area contributed by atoms with Crippen molar-refractivity contribution in [2.45, 2.75) is 38.4 Å². The van der Waals surface area contributed by atoms with Crippen LogP contribution in [0.1, 0.15) is 25.8 Å². The average molecular weight is 291 g/mol. The number of allylic oxidation sites excluding steroid dienone is 1. The predicted octanol–water partition coefficient (Wildman–Crippen LogP) is 4.59. The number of nitrogens with two attached hydrogens (primary N) is 1. The molecule has 0 aliphatic heterocycles. The summed E-state index contributed by atoms with van der Waals surface area (Å²) in [7, 11) is 0. The van der Waals surface area contributed by atoms with Crippen molar-refractivity contribution in [3.8, 4) is 5.75 Å². The van der Waals surface area contributed by atoms with Crippen molar-refractivity contribution in [1.29, 1.82) is 0 Å². The van der Waals surface area contributed by atoms with E-state index in [0.717, 1.165) is 17.6 Å². The molecule has 0 saturated carbocycles. The molecule has 1 aromatic carbocycles. The van der Waals surface area contributed by atoms with Crippen LogP contribution in [0.2, 0.25) is 0 Å². The van der Waals surface area contributed by atoms with E-state index in [1.54, 1.807) is 6.07 Å². The molecule has 106 valence electrons. The lowest BCUT2D eigenvalue weighted by Crippen LogP contribution is -2.17. The molecule has 0 heterocycles. The van der Waals surface area contributed by atoms with Crippen molar-refractivity contribution in [1.82, 2.24) is 0 Å². The van der Waals surface area contributed by atoms with Crippen LogP contribution in [0.4, 0.5) is 13.2 Å². The molecule has 1 aromatic rings. The summed E-state index contributed by atoms with van der Waals surface area (Å²) in [6.07, 6.45) is -3.88. The zero-order chi connectivity index (χ0) is 14.6. The highest BCUT2D eigenvalue weighted by Crippen LogP contribution is 2.33. The molecule has 0 aliphatic rings. The Morgan fingerprint density at radius 1 is 1.37 bits per heavy atom. The lowest BCUT2D eigenvalue weighted by Gasteiger charge is -2.12. The predicted molar refractivity (Wildman–Crippen MR) is 70.9 cm³/mol. The van der Waals surface area contributed by atoms with Gasteiger partial charge in [0.2, 0.25) is 0 Å². The van der Waals surface area contributed by atoms with E-state index < -0.39 is 6.36 Å². The summed E-state index contributed by atoms with van der Waals surface area (Å²) in [5.74, 6) is -0.234. The van der Waals surface area contributed by atoms with E-state index in [2.05, 4.69) is 4.74 Å². The third kappa shape index (κ3) is 5.06. The standard InChI is InChI=1S/C13H16F3NOS/c1-4-8(2)12(17)19-11-7-10(6-5-9(11)3)18-13(14,15)16/h5-7H,4,17H2,1-3H3. The van der Waals surface area contributed by atoms with Crippen LogP contribution in [-0.2, 0) is 0 Å². The zero-order valence-electron chi connectivity index (χ0n) is 11.0. The van der Waals surface area contributed by atoms with E-state index in [-0.39, 0.29) is 5.75 Å². The van der Waals surface area contributed by atoms with Gasteiger partial charge in [-0.05, 0) is 43.5 Å². The highest BCUT2D eigenvalue weighted by Gasteiger charge is 2.31. The maximum Gasteiger partial charge on any atom is 0.573 e. The van der Waals surface area contributed by atoms with Crippen molar-refractivity contribution in [3.05, 3.63) is 34.4 Å². The molecule has 0 aromatic heterocycles. The zero-order valence-corrected chi connectivity index (χ0v) is 11.8. The Hall–Kier alpha value is -1.30. The van der Waals surface area contributed by atoms with Gasteiger partial charge in [-0.25, -0.2) is 0 Å². The van der Waals surface area contributed by atoms with E-state index >= 15 is 0 Å². The second-order valence-electron chi connectivity index (χ2n) is 4.08. The topological polar surface area (TPSA) is 35.2 Å². The van der Waals surface area contributed by atoms with Crippen molar-refractivity contribution in [2.24, 2.45) is 5.73 Å². The van der Waals surface area contributed by atoms with Gasteiger partial charge < -0.3 is 10.5 Å². The Kier molecular flexibility index (Phi) is 5.17. The molecular weight excluding hydrogens is 275 g/mol. The number of halogens is 3. The Bertz CT molecular complexity index is 483. The number of hydrogen-bond acceptors (Lipinski definition) is 3. The second kappa shape index (κ2) is 6.23. The molecule has 0 unspecified atom stereocenters. The maximum absolute atomic E-state index is 12.2. The fraction of sp³-hybridized carbons (Fsp3) is 0.385. The number of alkyl halides is 3. The summed E-state index contributed by atoms with van der Waals surface area (Å²) in [6, 6.07) is 4.22. The minimum Gasteiger partial charge on any atom is -0.406 e. The summed E-state index contributed by atoms with van der Waals surface area (Å²) in [5, 5.41) is 0.606. The lowest BCUT2D eigenvalue weighted by atomic mass is 10.2. The highest BCUT2D eigenvalue weighted by atomic mass is 32.2. The van der Waals surface area contributed by atoms with Crippen LogP contribution >= 0.6 is 11.8 Å². The van der Waals surface area contributed by atoms with Gasteiger partial charge in [0.1, 0.15) is 5.75 Å². The van der Waals surface area contributed by atoms with Gasteiger partial charge in [0.25, 0.3) is 0 Å². The van der Waals surface area contributed by atoms with Crippen molar-refractivity contribution < 1.29 is 17.9 Å². The van der Waals surface area contributed by atoms with Gasteiger partial charge in [-0.2, -0.15) is 0 Å². The molecule has 2 nitrogen and oxygen atoms in total. The molecule has 0 fully saturated rings. The number of aryl methyl sites for hydroxylation is 1. The van der Waals surface area contributed by atoms with Crippen molar-refractivity contribution >= 4 is 11.8 Å². The van der Waals surface area contributed by atoms with Crippen LogP contribution in [0.3, 0.4) is 0 Å². The molecule has 0 bridgehead atoms. The monoisotopic (exact) mass is 291 g/mol. The largest absolute Gasteiger partial charge is 0.573 e. The summed E-state index contributed by atoms with van der Waals surface area (Å²) in [6.45, 7) is 5.68. The quantitative estimate of drug-likeness (QED) is 0.824. The third-order valence-electron chi connectivity index (χ3n) is 2.56. The number of benzene rings is 1. The van der Waals surface area contributed by atoms with E-state index in [1.165, 1.54) is 23.9 Å². The van der Waals surface area contributed by atoms with E-state index in [1.807, 2.05) is 20.8 Å². The Balaban J connectivity index is 2.98. The Morgan fingerprint density at radius 3 is 2.53 bits per heavy atom. The van der Waals surface area contributed by atoms with E-state index in [9.17, 15) is 13.2 Å². The van der Waals surface area contributed by atoms with Crippen molar-refractivity contribution in [2.75, 3.05) is 0 Å². The van der Waals surface area contributed by atoms with Crippen LogP contribution in [0.15, 0.2) is 33.7 Å². The minimum atomic E-state index is -4.68. The van der Waals surface area contributed by atoms with Gasteiger partial charge in [-0.1, -0.05) is 24.8 Å². The van der Waals surface area contributed by atoms with Crippen LogP contribution in [0, 0.1) is 6.92 Å². The molecule has 0 radical (unpaired) electrons. The Labute approximate surface area is 114 Å². The van der Waals surface area contributed by atoms with Gasteiger partial charge in [0, 0.05) is 4.90 Å². The lowest BCUT2D eigenvalue weighted by molar-refractivity contribution is -0.274. The van der Waals surface area contributed by atoms with Gasteiger partial charge in [0.05, 0.1) is 5.03 Å². The summed E-state index contributed by atoms with van der Waals surface area (Å²) < 4.78 is 40.4. The molecular formula is C13H16F3NOS. The first kappa shape index (κ1) is 15.8. The first-order valence-electron chi connectivity index (χ1n) is 5.72. The normalized spacial score (nSPS) is 13.2. The maximum atomic E-state index is 12.2. The number of thioether (sulfide) groups is 1. The molecule has 0 amide bonds. The highest BCUT2D eigenvalue weighted by molar-refractivity contribution is 8.03. The first-order chi connectivity index (χ1) is 8.73. The molecule has 19 heavy (non-hydrogen) atoms. The Morgan fingerprint density at radius 2 is 2.00 bits per heavy atom. The number of ether oxygens (including phenoxy) is 1. The number of rotatable bonds is 4.